The van der Waals surface area contributed by atoms with E-state index in [4.69, 9.17) is 22.3 Å². The topological polar surface area (TPSA) is 43.8 Å². The Balaban J connectivity index is 2.77. The van der Waals surface area contributed by atoms with E-state index in [0.717, 1.165) is 34.8 Å². The lowest BCUT2D eigenvalue weighted by atomic mass is 9.74. The Morgan fingerprint density at radius 2 is 1.90 bits per heavy atom. The van der Waals surface area contributed by atoms with Crippen LogP contribution in [0.1, 0.15) is 46.9 Å². The summed E-state index contributed by atoms with van der Waals surface area (Å²) in [6, 6.07) is 5.87. The molecule has 0 radical (unpaired) electrons. The van der Waals surface area contributed by atoms with E-state index in [1.54, 1.807) is 0 Å². The normalized spacial score (nSPS) is 13.2. The van der Waals surface area contributed by atoms with Crippen LogP contribution in [0.3, 0.4) is 0 Å². The summed E-state index contributed by atoms with van der Waals surface area (Å²) in [5.74, 6) is 1.01. The number of hydrogen-bond acceptors (Lipinski definition) is 2. The smallest absolute Gasteiger partial charge is 0.117 e. The van der Waals surface area contributed by atoms with Crippen LogP contribution < -0.4 is 5.73 Å². The Bertz CT molecular complexity index is 620. The maximum Gasteiger partial charge on any atom is 0.117 e. The average Bonchev–Trinajstić information content (AvgIpc) is 2.69. The van der Waals surface area contributed by atoms with Crippen molar-refractivity contribution < 1.29 is 0 Å². The molecule has 0 bridgehead atoms. The van der Waals surface area contributed by atoms with Crippen molar-refractivity contribution in [1.82, 2.24) is 9.55 Å². The van der Waals surface area contributed by atoms with Crippen molar-refractivity contribution in [3.63, 3.8) is 0 Å². The monoisotopic (exact) mass is 293 g/mol. The van der Waals surface area contributed by atoms with Crippen molar-refractivity contribution in [2.45, 2.75) is 58.5 Å². The molecule has 2 aromatic rings. The molecule has 0 saturated heterocycles. The number of nitrogens with zero attached hydrogens (tertiary/aromatic N) is 2. The lowest BCUT2D eigenvalue weighted by molar-refractivity contribution is 0.282. The second kappa shape index (κ2) is 5.05. The van der Waals surface area contributed by atoms with Crippen molar-refractivity contribution in [1.29, 1.82) is 0 Å². The number of rotatable bonds is 4. The van der Waals surface area contributed by atoms with Gasteiger partial charge in [-0.15, -0.1) is 0 Å². The zero-order chi connectivity index (χ0) is 15.1. The number of para-hydroxylation sites is 1. The molecule has 1 aromatic heterocycles. The van der Waals surface area contributed by atoms with Crippen LogP contribution in [0, 0.1) is 0 Å². The minimum atomic E-state index is -0.369. The van der Waals surface area contributed by atoms with E-state index in [9.17, 15) is 0 Å². The number of benzene rings is 1. The highest BCUT2D eigenvalue weighted by molar-refractivity contribution is 6.35. The highest BCUT2D eigenvalue weighted by Crippen LogP contribution is 2.36. The van der Waals surface area contributed by atoms with Gasteiger partial charge in [-0.1, -0.05) is 38.4 Å². The Morgan fingerprint density at radius 3 is 2.45 bits per heavy atom. The summed E-state index contributed by atoms with van der Waals surface area (Å²) in [5.41, 5.74) is 7.73. The maximum absolute atomic E-state index is 6.38. The molecule has 0 atom stereocenters. The van der Waals surface area contributed by atoms with E-state index in [1.807, 2.05) is 32.0 Å². The van der Waals surface area contributed by atoms with Crippen molar-refractivity contribution >= 4 is 22.6 Å². The summed E-state index contributed by atoms with van der Waals surface area (Å²) in [7, 11) is 0. The van der Waals surface area contributed by atoms with Crippen LogP contribution in [0.25, 0.3) is 11.0 Å². The van der Waals surface area contributed by atoms with Crippen LogP contribution >= 0.6 is 11.6 Å². The number of hydrogen-bond donors (Lipinski definition) is 1. The van der Waals surface area contributed by atoms with E-state index in [1.165, 1.54) is 0 Å². The van der Waals surface area contributed by atoms with E-state index in [0.29, 0.717) is 0 Å². The van der Waals surface area contributed by atoms with E-state index < -0.39 is 0 Å². The molecule has 0 aliphatic heterocycles. The Kier molecular flexibility index (Phi) is 3.87. The van der Waals surface area contributed by atoms with Gasteiger partial charge in [0, 0.05) is 17.5 Å². The van der Waals surface area contributed by atoms with Gasteiger partial charge < -0.3 is 10.3 Å². The third-order valence-electron chi connectivity index (χ3n) is 4.33. The second-order valence-electron chi connectivity index (χ2n) is 6.54. The van der Waals surface area contributed by atoms with Crippen LogP contribution in [-0.2, 0) is 12.0 Å². The minimum absolute atomic E-state index is 0.246. The summed E-state index contributed by atoms with van der Waals surface area (Å²) in [6.45, 7) is 11.4. The molecule has 2 N–H and O–H groups in total. The lowest BCUT2D eigenvalue weighted by Gasteiger charge is -2.38. The molecule has 4 heteroatoms. The lowest BCUT2D eigenvalue weighted by Crippen LogP contribution is -2.51. The predicted octanol–water partition coefficient (Wildman–Crippen LogP) is 4.11. The number of imidazole rings is 1. The fourth-order valence-corrected chi connectivity index (χ4v) is 2.62. The van der Waals surface area contributed by atoms with Crippen LogP contribution in [-0.4, -0.2) is 15.1 Å². The zero-order valence-electron chi connectivity index (χ0n) is 13.0. The fourth-order valence-electron chi connectivity index (χ4n) is 2.35. The van der Waals surface area contributed by atoms with Gasteiger partial charge in [-0.05, 0) is 32.4 Å². The fraction of sp³-hybridized carbons (Fsp3) is 0.562. The molecule has 1 heterocycles. The molecule has 20 heavy (non-hydrogen) atoms. The SMILES string of the molecule is CCCn1c(C(C)(C)C(C)(C)N)nc2cccc(Cl)c21. The molecule has 0 amide bonds. The van der Waals surface area contributed by atoms with Gasteiger partial charge >= 0.3 is 0 Å². The highest BCUT2D eigenvalue weighted by Gasteiger charge is 2.39. The van der Waals surface area contributed by atoms with Gasteiger partial charge in [0.15, 0.2) is 0 Å². The van der Waals surface area contributed by atoms with Crippen LogP contribution in [0.4, 0.5) is 0 Å². The molecular formula is C16H24ClN3. The van der Waals surface area contributed by atoms with Gasteiger partial charge in [0.1, 0.15) is 5.82 Å². The van der Waals surface area contributed by atoms with E-state index in [2.05, 4.69) is 25.3 Å². The molecule has 0 aliphatic rings. The number of nitrogens with two attached hydrogens (primary N) is 1. The first-order chi connectivity index (χ1) is 9.20. The third-order valence-corrected chi connectivity index (χ3v) is 4.64. The first-order valence-electron chi connectivity index (χ1n) is 7.14. The largest absolute Gasteiger partial charge is 0.326 e. The molecule has 110 valence electrons. The van der Waals surface area contributed by atoms with Gasteiger partial charge in [0.25, 0.3) is 0 Å². The maximum atomic E-state index is 6.38. The third kappa shape index (κ3) is 2.33. The van der Waals surface area contributed by atoms with E-state index >= 15 is 0 Å². The predicted molar refractivity (Wildman–Crippen MR) is 86.3 cm³/mol. The van der Waals surface area contributed by atoms with Crippen molar-refractivity contribution in [3.8, 4) is 0 Å². The average molecular weight is 294 g/mol. The summed E-state index contributed by atoms with van der Waals surface area (Å²) in [4.78, 5) is 4.83. The number of aryl methyl sites for hydroxylation is 1. The molecular weight excluding hydrogens is 270 g/mol. The standard InChI is InChI=1S/C16H24ClN3/c1-6-10-20-13-11(17)8-7-9-12(13)19-14(20)15(2,3)16(4,5)18/h7-9H,6,10,18H2,1-5H3. The highest BCUT2D eigenvalue weighted by atomic mass is 35.5. The molecule has 2 rings (SSSR count). The first kappa shape index (κ1) is 15.3. The summed E-state index contributed by atoms with van der Waals surface area (Å²) in [5, 5.41) is 0.750. The number of fused-ring (bicyclic) bond motifs is 1. The Labute approximate surface area is 126 Å². The first-order valence-corrected chi connectivity index (χ1v) is 7.52. The van der Waals surface area contributed by atoms with Crippen LogP contribution in [0.5, 0.6) is 0 Å². The summed E-state index contributed by atoms with van der Waals surface area (Å²) in [6.07, 6.45) is 1.03. The molecule has 1 aromatic carbocycles. The van der Waals surface area contributed by atoms with Gasteiger partial charge in [-0.25, -0.2) is 4.98 Å². The molecule has 0 unspecified atom stereocenters. The van der Waals surface area contributed by atoms with Gasteiger partial charge in [-0.3, -0.25) is 0 Å². The second-order valence-corrected chi connectivity index (χ2v) is 6.95. The van der Waals surface area contributed by atoms with Crippen molar-refractivity contribution in [3.05, 3.63) is 29.0 Å². The van der Waals surface area contributed by atoms with Crippen molar-refractivity contribution in [2.24, 2.45) is 5.73 Å². The Morgan fingerprint density at radius 1 is 1.25 bits per heavy atom. The molecule has 3 nitrogen and oxygen atoms in total. The van der Waals surface area contributed by atoms with Gasteiger partial charge in [0.2, 0.25) is 0 Å². The quantitative estimate of drug-likeness (QED) is 0.922. The number of aromatic nitrogens is 2. The number of halogens is 1. The minimum Gasteiger partial charge on any atom is -0.326 e. The van der Waals surface area contributed by atoms with Crippen molar-refractivity contribution in [2.75, 3.05) is 0 Å². The van der Waals surface area contributed by atoms with Crippen LogP contribution in [0.2, 0.25) is 5.02 Å². The molecule has 0 fully saturated rings. The molecule has 0 saturated carbocycles. The molecule has 0 spiro atoms. The van der Waals surface area contributed by atoms with Crippen LogP contribution in [0.15, 0.2) is 18.2 Å². The van der Waals surface area contributed by atoms with E-state index in [-0.39, 0.29) is 11.0 Å². The van der Waals surface area contributed by atoms with Gasteiger partial charge in [0.05, 0.1) is 16.1 Å². The summed E-state index contributed by atoms with van der Waals surface area (Å²) >= 11 is 6.38. The Hall–Kier alpha value is -1.06. The molecule has 0 aliphatic carbocycles. The summed E-state index contributed by atoms with van der Waals surface area (Å²) < 4.78 is 2.23. The zero-order valence-corrected chi connectivity index (χ0v) is 13.8. The van der Waals surface area contributed by atoms with Gasteiger partial charge in [-0.2, -0.15) is 0 Å².